The fourth-order valence-electron chi connectivity index (χ4n) is 5.31. The van der Waals surface area contributed by atoms with E-state index in [1.807, 2.05) is 116 Å². The minimum absolute atomic E-state index is 0.218. The third-order valence-electron chi connectivity index (χ3n) is 7.03. The Hall–Kier alpha value is -4.57. The molecule has 0 saturated carbocycles. The number of benzene rings is 4. The normalized spacial score (nSPS) is 18.2. The van der Waals surface area contributed by atoms with Gasteiger partial charge in [-0.05, 0) is 36.3 Å². The van der Waals surface area contributed by atoms with Crippen molar-refractivity contribution < 1.29 is 9.59 Å². The first kappa shape index (κ1) is 21.9. The van der Waals surface area contributed by atoms with Crippen LogP contribution in [0.25, 0.3) is 6.08 Å². The fourth-order valence-corrected chi connectivity index (χ4v) is 5.31. The van der Waals surface area contributed by atoms with Crippen LogP contribution in [-0.4, -0.2) is 22.8 Å². The molecular formula is C32H24N2O2. The van der Waals surface area contributed by atoms with Crippen molar-refractivity contribution >= 4 is 29.0 Å². The summed E-state index contributed by atoms with van der Waals surface area (Å²) in [5.41, 5.74) is 3.74. The number of hydrogen-bond acceptors (Lipinski definition) is 4. The third-order valence-corrected chi connectivity index (χ3v) is 7.03. The van der Waals surface area contributed by atoms with Crippen LogP contribution in [0, 0.1) is 6.92 Å². The van der Waals surface area contributed by atoms with Crippen molar-refractivity contribution in [1.29, 1.82) is 0 Å². The van der Waals surface area contributed by atoms with E-state index in [9.17, 15) is 9.59 Å². The smallest absolute Gasteiger partial charge is 0.201 e. The van der Waals surface area contributed by atoms with Gasteiger partial charge >= 0.3 is 0 Å². The molecule has 0 bridgehead atoms. The molecule has 4 nitrogen and oxygen atoms in total. The van der Waals surface area contributed by atoms with E-state index in [0.717, 1.165) is 16.7 Å². The summed E-state index contributed by atoms with van der Waals surface area (Å²) in [7, 11) is 0. The highest BCUT2D eigenvalue weighted by Gasteiger charge is 2.66. The first-order valence-electron chi connectivity index (χ1n) is 12.0. The number of fused-ring (bicyclic) bond motifs is 1. The van der Waals surface area contributed by atoms with E-state index >= 15 is 0 Å². The number of nitrogens with zero attached hydrogens (tertiary/aromatic N) is 2. The molecule has 4 heteroatoms. The number of aryl methyl sites for hydroxylation is 1. The number of ketones is 2. The summed E-state index contributed by atoms with van der Waals surface area (Å²) < 4.78 is 0. The Kier molecular flexibility index (Phi) is 5.23. The number of anilines is 1. The minimum atomic E-state index is -1.53. The fraction of sp³-hybridized carbons (Fsp3) is 0.0938. The van der Waals surface area contributed by atoms with E-state index in [0.29, 0.717) is 22.5 Å². The van der Waals surface area contributed by atoms with Gasteiger partial charge in [0.1, 0.15) is 0 Å². The average molecular weight is 469 g/mol. The Labute approximate surface area is 210 Å². The van der Waals surface area contributed by atoms with Crippen LogP contribution in [0.15, 0.2) is 120 Å². The summed E-state index contributed by atoms with van der Waals surface area (Å²) in [4.78, 5) is 28.7. The number of hydrogen-bond donors (Lipinski definition) is 0. The molecule has 0 amide bonds. The van der Waals surface area contributed by atoms with Crippen molar-refractivity contribution in [2.45, 2.75) is 18.4 Å². The molecule has 6 rings (SSSR count). The molecule has 0 N–H and O–H groups in total. The molecule has 0 saturated heterocycles. The van der Waals surface area contributed by atoms with Crippen LogP contribution in [0.1, 0.15) is 43.3 Å². The van der Waals surface area contributed by atoms with E-state index in [4.69, 9.17) is 5.10 Å². The minimum Gasteiger partial charge on any atom is -0.291 e. The molecule has 0 aromatic heterocycles. The highest BCUT2D eigenvalue weighted by molar-refractivity contribution is 6.38. The second-order valence-electron chi connectivity index (χ2n) is 9.23. The lowest BCUT2D eigenvalue weighted by atomic mass is 9.73. The van der Waals surface area contributed by atoms with Gasteiger partial charge in [-0.2, -0.15) is 5.10 Å². The highest BCUT2D eigenvalue weighted by Crippen LogP contribution is 2.50. The molecule has 1 atom stereocenters. The van der Waals surface area contributed by atoms with Gasteiger partial charge in [-0.1, -0.05) is 109 Å². The van der Waals surface area contributed by atoms with E-state index in [1.54, 1.807) is 17.1 Å². The van der Waals surface area contributed by atoms with Crippen LogP contribution in [0.3, 0.4) is 0 Å². The lowest BCUT2D eigenvalue weighted by molar-refractivity contribution is 0.0791. The molecule has 4 aromatic carbocycles. The van der Waals surface area contributed by atoms with Crippen LogP contribution >= 0.6 is 0 Å². The number of carbonyl (C=O) groups excluding carboxylic acids is 2. The maximum atomic E-state index is 14.3. The lowest BCUT2D eigenvalue weighted by Crippen LogP contribution is -2.56. The van der Waals surface area contributed by atoms with Crippen molar-refractivity contribution in [3.8, 4) is 0 Å². The number of allylic oxidation sites excluding steroid dienone is 1. The van der Waals surface area contributed by atoms with Gasteiger partial charge in [0.05, 0.1) is 17.3 Å². The first-order chi connectivity index (χ1) is 17.6. The van der Waals surface area contributed by atoms with Crippen molar-refractivity contribution in [2.24, 2.45) is 5.10 Å². The summed E-state index contributed by atoms with van der Waals surface area (Å²) in [5.74, 6) is -1.01. The predicted octanol–water partition coefficient (Wildman–Crippen LogP) is 6.49. The van der Waals surface area contributed by atoms with Crippen LogP contribution in [0.5, 0.6) is 0 Å². The topological polar surface area (TPSA) is 49.7 Å². The number of carbonyl (C=O) groups is 2. The Bertz CT molecular complexity index is 1480. The van der Waals surface area contributed by atoms with Gasteiger partial charge in [-0.15, -0.1) is 0 Å². The number of hydrazone groups is 1. The molecule has 0 radical (unpaired) electrons. The number of para-hydroxylation sites is 1. The molecular weight excluding hydrogens is 444 g/mol. The molecule has 1 spiro atoms. The summed E-state index contributed by atoms with van der Waals surface area (Å²) >= 11 is 0. The van der Waals surface area contributed by atoms with Gasteiger partial charge in [-0.3, -0.25) is 9.59 Å². The highest BCUT2D eigenvalue weighted by atomic mass is 16.2. The summed E-state index contributed by atoms with van der Waals surface area (Å²) in [5, 5.41) is 6.65. The third kappa shape index (κ3) is 3.26. The molecule has 4 aromatic rings. The summed E-state index contributed by atoms with van der Waals surface area (Å²) in [6.45, 7) is 2.02. The average Bonchev–Trinajstić information content (AvgIpc) is 3.38. The lowest BCUT2D eigenvalue weighted by Gasteiger charge is -2.36. The quantitative estimate of drug-likeness (QED) is 0.322. The van der Waals surface area contributed by atoms with Gasteiger partial charge in [0.25, 0.3) is 0 Å². The van der Waals surface area contributed by atoms with Crippen molar-refractivity contribution in [3.05, 3.63) is 143 Å². The summed E-state index contributed by atoms with van der Waals surface area (Å²) in [6.07, 6.45) is 3.92. The largest absolute Gasteiger partial charge is 0.291 e. The van der Waals surface area contributed by atoms with Crippen LogP contribution in [-0.2, 0) is 0 Å². The molecule has 1 aliphatic carbocycles. The summed E-state index contributed by atoms with van der Waals surface area (Å²) in [6, 6.07) is 34.6. The van der Waals surface area contributed by atoms with Gasteiger partial charge in [-0.25, -0.2) is 5.01 Å². The SMILES string of the molecule is Cc1ccc(C2C(/C=C/c3ccccc3)=NN(c3ccccc3)C23C(=O)c2ccccc2C3=O)cc1. The maximum Gasteiger partial charge on any atom is 0.201 e. The standard InChI is InChI=1S/C32H24N2O2/c1-22-16-19-24(20-17-22)29-28(21-18-23-10-4-2-5-11-23)33-34(25-12-6-3-7-13-25)32(29)30(35)26-14-8-9-15-27(26)31(32)36/h2-21,29H,1H3/b21-18+. The van der Waals surface area contributed by atoms with E-state index in [-0.39, 0.29) is 11.6 Å². The molecule has 2 aliphatic rings. The molecule has 0 fully saturated rings. The number of Topliss-reactive ketones (excluding diaryl/α,β-unsaturated/α-hetero) is 2. The Morgan fingerprint density at radius 3 is 1.86 bits per heavy atom. The zero-order valence-electron chi connectivity index (χ0n) is 19.8. The van der Waals surface area contributed by atoms with E-state index in [2.05, 4.69) is 0 Å². The van der Waals surface area contributed by atoms with Gasteiger partial charge < -0.3 is 0 Å². The Balaban J connectivity index is 1.60. The van der Waals surface area contributed by atoms with Crippen LogP contribution < -0.4 is 5.01 Å². The van der Waals surface area contributed by atoms with Crippen molar-refractivity contribution in [3.63, 3.8) is 0 Å². The second kappa shape index (κ2) is 8.58. The maximum absolute atomic E-state index is 14.3. The van der Waals surface area contributed by atoms with Crippen molar-refractivity contribution in [1.82, 2.24) is 0 Å². The zero-order valence-corrected chi connectivity index (χ0v) is 19.8. The van der Waals surface area contributed by atoms with Gasteiger partial charge in [0, 0.05) is 11.1 Å². The Morgan fingerprint density at radius 2 is 1.25 bits per heavy atom. The predicted molar refractivity (Wildman–Crippen MR) is 144 cm³/mol. The second-order valence-corrected chi connectivity index (χ2v) is 9.23. The number of rotatable bonds is 4. The van der Waals surface area contributed by atoms with Gasteiger partial charge in [0.15, 0.2) is 11.6 Å². The van der Waals surface area contributed by atoms with Crippen molar-refractivity contribution in [2.75, 3.05) is 5.01 Å². The molecule has 1 unspecified atom stereocenters. The van der Waals surface area contributed by atoms with Crippen LogP contribution in [0.2, 0.25) is 0 Å². The Morgan fingerprint density at radius 1 is 0.694 bits per heavy atom. The molecule has 174 valence electrons. The molecule has 1 aliphatic heterocycles. The van der Waals surface area contributed by atoms with Crippen LogP contribution in [0.4, 0.5) is 5.69 Å². The van der Waals surface area contributed by atoms with E-state index in [1.165, 1.54) is 0 Å². The first-order valence-corrected chi connectivity index (χ1v) is 12.0. The molecule has 1 heterocycles. The van der Waals surface area contributed by atoms with E-state index < -0.39 is 11.5 Å². The molecule has 36 heavy (non-hydrogen) atoms. The zero-order chi connectivity index (χ0) is 24.7. The monoisotopic (exact) mass is 468 g/mol. The van der Waals surface area contributed by atoms with Gasteiger partial charge in [0.2, 0.25) is 5.54 Å².